The summed E-state index contributed by atoms with van der Waals surface area (Å²) in [5, 5.41) is 28.0. The summed E-state index contributed by atoms with van der Waals surface area (Å²) < 4.78 is 3.11. The van der Waals surface area contributed by atoms with Crippen LogP contribution in [0.25, 0.3) is 11.0 Å². The number of anilines is 1. The first-order chi connectivity index (χ1) is 17.6. The molecule has 37 heavy (non-hydrogen) atoms. The van der Waals surface area contributed by atoms with Gasteiger partial charge in [-0.1, -0.05) is 5.16 Å². The van der Waals surface area contributed by atoms with Crippen molar-refractivity contribution in [3.63, 3.8) is 0 Å². The number of hydrogen-bond donors (Lipinski definition) is 0. The highest BCUT2D eigenvalue weighted by atomic mass is 16.6. The van der Waals surface area contributed by atoms with E-state index in [4.69, 9.17) is 4.84 Å². The summed E-state index contributed by atoms with van der Waals surface area (Å²) in [7, 11) is 5.34. The second-order valence-electron chi connectivity index (χ2n) is 10.4. The average Bonchev–Trinajstić information content (AvgIpc) is 3.30. The number of rotatable bonds is 5. The molecule has 1 saturated carbocycles. The molecule has 0 bridgehead atoms. The summed E-state index contributed by atoms with van der Waals surface area (Å²) in [6.45, 7) is 5.84. The fourth-order valence-electron chi connectivity index (χ4n) is 4.83. The Bertz CT molecular complexity index is 1490. The van der Waals surface area contributed by atoms with Crippen LogP contribution in [0.1, 0.15) is 63.5 Å². The summed E-state index contributed by atoms with van der Waals surface area (Å²) in [6.07, 6.45) is 4.74. The second kappa shape index (κ2) is 10.0. The molecule has 3 aromatic rings. The molecule has 0 unspecified atom stereocenters. The molecule has 0 N–H and O–H groups in total. The van der Waals surface area contributed by atoms with E-state index in [0.29, 0.717) is 22.5 Å². The lowest BCUT2D eigenvalue weighted by Gasteiger charge is -2.36. The third-order valence-electron chi connectivity index (χ3n) is 6.78. The first-order valence-corrected chi connectivity index (χ1v) is 12.2. The SMILES string of the molecule is CN(c1c(C#N)c(=O)n(C)c2ccc(C#N)nc12)C1CCC(/C(=N\OC(C)(C)C)c2ncnn2C)CC1. The van der Waals surface area contributed by atoms with Gasteiger partial charge in [0, 0.05) is 33.1 Å². The van der Waals surface area contributed by atoms with Gasteiger partial charge in [-0.3, -0.25) is 4.79 Å². The zero-order chi connectivity index (χ0) is 26.9. The molecule has 3 heterocycles. The monoisotopic (exact) mass is 501 g/mol. The van der Waals surface area contributed by atoms with Crippen molar-refractivity contribution in [2.45, 2.75) is 58.1 Å². The quantitative estimate of drug-likeness (QED) is 0.384. The van der Waals surface area contributed by atoms with Crippen LogP contribution in [0.5, 0.6) is 0 Å². The van der Waals surface area contributed by atoms with E-state index in [1.165, 1.54) is 10.9 Å². The number of nitriles is 2. The fraction of sp³-hybridized carbons (Fsp3) is 0.500. The predicted molar refractivity (Wildman–Crippen MR) is 139 cm³/mol. The Morgan fingerprint density at radius 3 is 2.43 bits per heavy atom. The molecule has 0 aromatic carbocycles. The van der Waals surface area contributed by atoms with Gasteiger partial charge in [-0.2, -0.15) is 15.6 Å². The second-order valence-corrected chi connectivity index (χ2v) is 10.4. The maximum atomic E-state index is 13.0. The van der Waals surface area contributed by atoms with Crippen molar-refractivity contribution in [3.8, 4) is 12.1 Å². The molecule has 0 radical (unpaired) electrons. The van der Waals surface area contributed by atoms with Gasteiger partial charge in [0.1, 0.15) is 46.6 Å². The average molecular weight is 502 g/mol. The van der Waals surface area contributed by atoms with E-state index in [1.54, 1.807) is 23.9 Å². The summed E-state index contributed by atoms with van der Waals surface area (Å²) in [6, 6.07) is 7.49. The van der Waals surface area contributed by atoms with Crippen LogP contribution in [-0.4, -0.2) is 48.7 Å². The molecule has 1 aliphatic carbocycles. The first kappa shape index (κ1) is 25.8. The van der Waals surface area contributed by atoms with Gasteiger partial charge in [0.15, 0.2) is 5.82 Å². The van der Waals surface area contributed by atoms with Gasteiger partial charge in [-0.15, -0.1) is 0 Å². The number of nitrogens with zero attached hydrogens (tertiary/aromatic N) is 9. The molecule has 0 aliphatic heterocycles. The highest BCUT2D eigenvalue weighted by Crippen LogP contribution is 2.35. The van der Waals surface area contributed by atoms with Gasteiger partial charge in [-0.05, 0) is 58.6 Å². The molecule has 0 amide bonds. The summed E-state index contributed by atoms with van der Waals surface area (Å²) in [5.41, 5.74) is 1.74. The van der Waals surface area contributed by atoms with Crippen molar-refractivity contribution >= 4 is 22.4 Å². The molecule has 0 atom stereocenters. The third kappa shape index (κ3) is 5.03. The third-order valence-corrected chi connectivity index (χ3v) is 6.78. The van der Waals surface area contributed by atoms with Crippen molar-refractivity contribution in [1.82, 2.24) is 24.3 Å². The molecule has 1 aliphatic rings. The van der Waals surface area contributed by atoms with E-state index in [9.17, 15) is 15.3 Å². The summed E-state index contributed by atoms with van der Waals surface area (Å²) in [5.74, 6) is 0.799. The van der Waals surface area contributed by atoms with Gasteiger partial charge in [0.25, 0.3) is 5.56 Å². The molecule has 1 fully saturated rings. The molecular weight excluding hydrogens is 470 g/mol. The summed E-state index contributed by atoms with van der Waals surface area (Å²) in [4.78, 5) is 29.7. The van der Waals surface area contributed by atoms with E-state index in [1.807, 2.05) is 39.8 Å². The lowest BCUT2D eigenvalue weighted by Crippen LogP contribution is -2.39. The number of pyridine rings is 2. The largest absolute Gasteiger partial charge is 0.390 e. The Kier molecular flexibility index (Phi) is 6.99. The van der Waals surface area contributed by atoms with E-state index in [2.05, 4.69) is 32.4 Å². The Morgan fingerprint density at radius 2 is 1.86 bits per heavy atom. The minimum atomic E-state index is -0.440. The minimum Gasteiger partial charge on any atom is -0.390 e. The van der Waals surface area contributed by atoms with Crippen molar-refractivity contribution in [1.29, 1.82) is 10.5 Å². The smallest absolute Gasteiger partial charge is 0.270 e. The number of aromatic nitrogens is 5. The van der Waals surface area contributed by atoms with Crippen molar-refractivity contribution < 1.29 is 4.84 Å². The molecular formula is C26H31N9O2. The van der Waals surface area contributed by atoms with Gasteiger partial charge < -0.3 is 14.3 Å². The minimum absolute atomic E-state index is 0.0297. The number of hydrogen-bond acceptors (Lipinski definition) is 9. The van der Waals surface area contributed by atoms with Crippen molar-refractivity contribution in [2.75, 3.05) is 11.9 Å². The number of aryl methyl sites for hydroxylation is 2. The van der Waals surface area contributed by atoms with E-state index < -0.39 is 5.60 Å². The maximum Gasteiger partial charge on any atom is 0.270 e. The molecule has 3 aromatic heterocycles. The zero-order valence-electron chi connectivity index (χ0n) is 22.1. The van der Waals surface area contributed by atoms with Gasteiger partial charge in [0.2, 0.25) is 0 Å². The van der Waals surface area contributed by atoms with Gasteiger partial charge in [-0.25, -0.2) is 14.6 Å². The van der Waals surface area contributed by atoms with Crippen LogP contribution in [0, 0.1) is 28.6 Å². The lowest BCUT2D eigenvalue weighted by molar-refractivity contribution is -0.000158. The first-order valence-electron chi connectivity index (χ1n) is 12.2. The van der Waals surface area contributed by atoms with E-state index in [0.717, 1.165) is 31.4 Å². The molecule has 11 nitrogen and oxygen atoms in total. The van der Waals surface area contributed by atoms with E-state index in [-0.39, 0.29) is 28.8 Å². The topological polar surface area (TPSA) is 138 Å². The fourth-order valence-corrected chi connectivity index (χ4v) is 4.83. The maximum absolute atomic E-state index is 13.0. The molecule has 4 rings (SSSR count). The van der Waals surface area contributed by atoms with Gasteiger partial charge >= 0.3 is 0 Å². The van der Waals surface area contributed by atoms with Gasteiger partial charge in [0.05, 0.1) is 11.2 Å². The van der Waals surface area contributed by atoms with Crippen LogP contribution in [0.2, 0.25) is 0 Å². The Labute approximate surface area is 215 Å². The molecule has 11 heteroatoms. The standard InChI is InChI=1S/C26H31N9O2/c1-26(2,3)37-32-21(24-29-15-30-35(24)6)16-7-10-18(11-8-16)33(4)23-19(14-28)25(36)34(5)20-12-9-17(13-27)31-22(20)23/h9,12,15-16,18H,7-8,10-11H2,1-6H3/b32-21+. The number of oxime groups is 1. The van der Waals surface area contributed by atoms with Crippen LogP contribution >= 0.6 is 0 Å². The van der Waals surface area contributed by atoms with Crippen LogP contribution in [0.4, 0.5) is 5.69 Å². The highest BCUT2D eigenvalue weighted by molar-refractivity contribution is 5.99. The van der Waals surface area contributed by atoms with Crippen LogP contribution in [0.3, 0.4) is 0 Å². The van der Waals surface area contributed by atoms with E-state index >= 15 is 0 Å². The van der Waals surface area contributed by atoms with Crippen molar-refractivity contribution in [2.24, 2.45) is 25.2 Å². The lowest BCUT2D eigenvalue weighted by atomic mass is 9.82. The molecule has 0 spiro atoms. The normalized spacial score (nSPS) is 18.3. The highest BCUT2D eigenvalue weighted by Gasteiger charge is 2.32. The Morgan fingerprint density at radius 1 is 1.16 bits per heavy atom. The predicted octanol–water partition coefficient (Wildman–Crippen LogP) is 3.02. The van der Waals surface area contributed by atoms with Crippen LogP contribution in [0.15, 0.2) is 28.4 Å². The Balaban J connectivity index is 1.66. The Hall–Kier alpha value is -4.25. The molecule has 0 saturated heterocycles. The zero-order valence-corrected chi connectivity index (χ0v) is 22.1. The molecule has 192 valence electrons. The number of fused-ring (bicyclic) bond motifs is 1. The summed E-state index contributed by atoms with van der Waals surface area (Å²) >= 11 is 0. The van der Waals surface area contributed by atoms with Crippen LogP contribution in [-0.2, 0) is 18.9 Å². The van der Waals surface area contributed by atoms with Crippen LogP contribution < -0.4 is 10.5 Å². The van der Waals surface area contributed by atoms with Crippen molar-refractivity contribution in [3.05, 3.63) is 45.9 Å².